The summed E-state index contributed by atoms with van der Waals surface area (Å²) in [5.74, 6) is -0.807. The van der Waals surface area contributed by atoms with Crippen LogP contribution in [0.4, 0.5) is 5.00 Å². The lowest BCUT2D eigenvalue weighted by molar-refractivity contribution is 0.0602. The minimum absolute atomic E-state index is 0.327. The average Bonchev–Trinajstić information content (AvgIpc) is 3.03. The molecule has 2 heterocycles. The smallest absolute Gasteiger partial charge is 0.340 e. The van der Waals surface area contributed by atoms with Crippen LogP contribution >= 0.6 is 11.3 Å². The third kappa shape index (κ3) is 4.63. The van der Waals surface area contributed by atoms with Crippen molar-refractivity contribution in [1.82, 2.24) is 4.98 Å². The number of unbranched alkanes of at least 4 members (excludes halogenated alkanes) is 2. The summed E-state index contributed by atoms with van der Waals surface area (Å²) >= 11 is 1.27. The number of aromatic nitrogens is 1. The molecule has 0 saturated heterocycles. The lowest BCUT2D eigenvalue weighted by Crippen LogP contribution is -2.15. The van der Waals surface area contributed by atoms with Gasteiger partial charge in [0.1, 0.15) is 10.7 Å². The van der Waals surface area contributed by atoms with Gasteiger partial charge in [-0.2, -0.15) is 0 Å². The molecule has 2 aromatic rings. The van der Waals surface area contributed by atoms with Gasteiger partial charge in [0.15, 0.2) is 0 Å². The Hall–Kier alpha value is -2.21. The van der Waals surface area contributed by atoms with E-state index in [4.69, 9.17) is 0 Å². The quantitative estimate of drug-likeness (QED) is 0.616. The number of ether oxygens (including phenoxy) is 1. The van der Waals surface area contributed by atoms with E-state index >= 15 is 0 Å². The van der Waals surface area contributed by atoms with Gasteiger partial charge in [-0.1, -0.05) is 25.8 Å². The molecule has 0 fully saturated rings. The normalized spacial score (nSPS) is 10.3. The molecule has 0 aliphatic heterocycles. The van der Waals surface area contributed by atoms with Crippen LogP contribution in [-0.2, 0) is 11.2 Å². The molecule has 0 aromatic carbocycles. The summed E-state index contributed by atoms with van der Waals surface area (Å²) in [6.45, 7) is 2.17. The van der Waals surface area contributed by atoms with Crippen LogP contribution < -0.4 is 5.32 Å². The minimum Gasteiger partial charge on any atom is -0.465 e. The molecule has 23 heavy (non-hydrogen) atoms. The van der Waals surface area contributed by atoms with Gasteiger partial charge in [-0.25, -0.2) is 4.79 Å². The SMILES string of the molecule is CCCCCc1ccc(C(=O)Nc2sccc2C(=O)OC)nc1. The van der Waals surface area contributed by atoms with Crippen LogP contribution in [0.1, 0.15) is 52.6 Å². The molecule has 0 unspecified atom stereocenters. The first-order valence-corrected chi connectivity index (χ1v) is 8.45. The average molecular weight is 332 g/mol. The van der Waals surface area contributed by atoms with Gasteiger partial charge in [-0.05, 0) is 35.9 Å². The highest BCUT2D eigenvalue weighted by Gasteiger charge is 2.16. The Morgan fingerprint density at radius 3 is 2.74 bits per heavy atom. The second-order valence-corrected chi connectivity index (χ2v) is 6.03. The Bertz CT molecular complexity index is 665. The molecule has 5 nitrogen and oxygen atoms in total. The van der Waals surface area contributed by atoms with Crippen LogP contribution in [0.25, 0.3) is 0 Å². The molecule has 2 aromatic heterocycles. The molecular formula is C17H20N2O3S. The van der Waals surface area contributed by atoms with Crippen LogP contribution in [0, 0.1) is 0 Å². The van der Waals surface area contributed by atoms with Crippen molar-refractivity contribution in [2.24, 2.45) is 0 Å². The number of amides is 1. The van der Waals surface area contributed by atoms with E-state index in [-0.39, 0.29) is 5.91 Å². The Balaban J connectivity index is 2.01. The van der Waals surface area contributed by atoms with E-state index in [0.29, 0.717) is 16.3 Å². The summed E-state index contributed by atoms with van der Waals surface area (Å²) in [5.41, 5.74) is 1.80. The number of nitrogens with one attached hydrogen (secondary N) is 1. The molecule has 0 atom stereocenters. The maximum atomic E-state index is 12.2. The zero-order chi connectivity index (χ0) is 16.7. The van der Waals surface area contributed by atoms with E-state index in [1.807, 2.05) is 6.07 Å². The van der Waals surface area contributed by atoms with Crippen molar-refractivity contribution in [3.05, 3.63) is 46.6 Å². The summed E-state index contributed by atoms with van der Waals surface area (Å²) in [7, 11) is 1.31. The van der Waals surface area contributed by atoms with Gasteiger partial charge in [-0.15, -0.1) is 11.3 Å². The van der Waals surface area contributed by atoms with Gasteiger partial charge in [0.25, 0.3) is 5.91 Å². The number of esters is 1. The highest BCUT2D eigenvalue weighted by molar-refractivity contribution is 7.14. The fourth-order valence-electron chi connectivity index (χ4n) is 2.13. The summed E-state index contributed by atoms with van der Waals surface area (Å²) in [6, 6.07) is 5.26. The summed E-state index contributed by atoms with van der Waals surface area (Å²) < 4.78 is 4.69. The molecule has 0 aliphatic carbocycles. The Morgan fingerprint density at radius 1 is 1.26 bits per heavy atom. The zero-order valence-corrected chi connectivity index (χ0v) is 14.1. The number of pyridine rings is 1. The first-order chi connectivity index (χ1) is 11.2. The molecule has 0 spiro atoms. The number of methoxy groups -OCH3 is 1. The molecular weight excluding hydrogens is 312 g/mol. The van der Waals surface area contributed by atoms with Crippen LogP contribution in [-0.4, -0.2) is 24.0 Å². The lowest BCUT2D eigenvalue weighted by Gasteiger charge is -2.06. The summed E-state index contributed by atoms with van der Waals surface area (Å²) in [5, 5.41) is 4.91. The summed E-state index contributed by atoms with van der Waals surface area (Å²) in [4.78, 5) is 28.0. The predicted octanol–water partition coefficient (Wildman–Crippen LogP) is 3.91. The lowest BCUT2D eigenvalue weighted by atomic mass is 10.1. The van der Waals surface area contributed by atoms with E-state index in [2.05, 4.69) is 22.0 Å². The topological polar surface area (TPSA) is 68.3 Å². The predicted molar refractivity (Wildman–Crippen MR) is 91.1 cm³/mol. The number of anilines is 1. The number of carbonyl (C=O) groups excluding carboxylic acids is 2. The molecule has 2 rings (SSSR count). The van der Waals surface area contributed by atoms with E-state index < -0.39 is 5.97 Å². The Kier molecular flexibility index (Phi) is 6.29. The second kappa shape index (κ2) is 8.43. The second-order valence-electron chi connectivity index (χ2n) is 5.12. The van der Waals surface area contributed by atoms with Crippen molar-refractivity contribution in [2.45, 2.75) is 32.6 Å². The third-order valence-corrected chi connectivity index (χ3v) is 4.25. The fraction of sp³-hybridized carbons (Fsp3) is 0.353. The number of carbonyl (C=O) groups is 2. The largest absolute Gasteiger partial charge is 0.465 e. The molecule has 0 bridgehead atoms. The third-order valence-electron chi connectivity index (χ3n) is 3.42. The van der Waals surface area contributed by atoms with E-state index in [1.165, 1.54) is 31.3 Å². The molecule has 0 saturated carbocycles. The first kappa shape index (κ1) is 17.1. The number of aryl methyl sites for hydroxylation is 1. The van der Waals surface area contributed by atoms with Gasteiger partial charge < -0.3 is 10.1 Å². The van der Waals surface area contributed by atoms with Crippen molar-refractivity contribution >= 4 is 28.2 Å². The number of thiophene rings is 1. The zero-order valence-electron chi connectivity index (χ0n) is 13.3. The monoisotopic (exact) mass is 332 g/mol. The molecule has 0 radical (unpaired) electrons. The highest BCUT2D eigenvalue weighted by atomic mass is 32.1. The molecule has 6 heteroatoms. The van der Waals surface area contributed by atoms with Crippen LogP contribution in [0.3, 0.4) is 0 Å². The Morgan fingerprint density at radius 2 is 2.09 bits per heavy atom. The van der Waals surface area contributed by atoms with E-state index in [9.17, 15) is 9.59 Å². The standard InChI is InChI=1S/C17H20N2O3S/c1-3-4-5-6-12-7-8-14(18-11-12)15(20)19-16-13(9-10-23-16)17(21)22-2/h7-11H,3-6H2,1-2H3,(H,19,20). The maximum absolute atomic E-state index is 12.2. The first-order valence-electron chi connectivity index (χ1n) is 7.57. The number of nitrogens with zero attached hydrogens (tertiary/aromatic N) is 1. The fourth-order valence-corrected chi connectivity index (χ4v) is 2.90. The van der Waals surface area contributed by atoms with E-state index in [0.717, 1.165) is 18.4 Å². The summed E-state index contributed by atoms with van der Waals surface area (Å²) in [6.07, 6.45) is 6.20. The van der Waals surface area contributed by atoms with Crippen LogP contribution in [0.5, 0.6) is 0 Å². The van der Waals surface area contributed by atoms with Gasteiger partial charge in [0, 0.05) is 6.20 Å². The van der Waals surface area contributed by atoms with Crippen molar-refractivity contribution in [1.29, 1.82) is 0 Å². The van der Waals surface area contributed by atoms with Crippen molar-refractivity contribution in [2.75, 3.05) is 12.4 Å². The van der Waals surface area contributed by atoms with Crippen LogP contribution in [0.2, 0.25) is 0 Å². The Labute approximate surface area is 139 Å². The van der Waals surface area contributed by atoms with Gasteiger partial charge in [0.2, 0.25) is 0 Å². The molecule has 122 valence electrons. The molecule has 1 amide bonds. The van der Waals surface area contributed by atoms with Gasteiger partial charge >= 0.3 is 5.97 Å². The highest BCUT2D eigenvalue weighted by Crippen LogP contribution is 2.24. The molecule has 1 N–H and O–H groups in total. The van der Waals surface area contributed by atoms with Gasteiger partial charge in [-0.3, -0.25) is 9.78 Å². The number of hydrogen-bond acceptors (Lipinski definition) is 5. The number of rotatable bonds is 7. The maximum Gasteiger partial charge on any atom is 0.340 e. The van der Waals surface area contributed by atoms with Crippen molar-refractivity contribution in [3.63, 3.8) is 0 Å². The minimum atomic E-state index is -0.471. The molecule has 0 aliphatic rings. The van der Waals surface area contributed by atoms with Crippen molar-refractivity contribution < 1.29 is 14.3 Å². The van der Waals surface area contributed by atoms with Crippen LogP contribution in [0.15, 0.2) is 29.8 Å². The van der Waals surface area contributed by atoms with Gasteiger partial charge in [0.05, 0.1) is 12.7 Å². The number of hydrogen-bond donors (Lipinski definition) is 1. The van der Waals surface area contributed by atoms with E-state index in [1.54, 1.807) is 23.7 Å². The van der Waals surface area contributed by atoms with Crippen molar-refractivity contribution in [3.8, 4) is 0 Å².